The van der Waals surface area contributed by atoms with Gasteiger partial charge in [-0.2, -0.15) is 0 Å². The standard InChI is InChI=1S/C21H40O/c1-2-3-4-5-6-7-8-9-10-11-12-13-14-18-21(22)19-20-16-15-17-20/h20H,2-19H2,1H3. The van der Waals surface area contributed by atoms with Crippen LogP contribution in [0.15, 0.2) is 0 Å². The van der Waals surface area contributed by atoms with E-state index in [0.29, 0.717) is 5.78 Å². The maximum atomic E-state index is 11.7. The normalized spacial score (nSPS) is 15.0. The summed E-state index contributed by atoms with van der Waals surface area (Å²) in [7, 11) is 0. The third-order valence-electron chi connectivity index (χ3n) is 5.30. The average Bonchev–Trinajstić information content (AvgIpc) is 2.48. The van der Waals surface area contributed by atoms with Gasteiger partial charge in [0.2, 0.25) is 0 Å². The number of carbonyl (C=O) groups is 1. The number of Topliss-reactive ketones (excluding diaryl/α,β-unsaturated/α-hetero) is 1. The molecule has 0 aromatic rings. The van der Waals surface area contributed by atoms with Crippen LogP contribution in [0.3, 0.4) is 0 Å². The summed E-state index contributed by atoms with van der Waals surface area (Å²) in [6.07, 6.45) is 23.7. The zero-order valence-corrected chi connectivity index (χ0v) is 15.2. The molecule has 0 saturated heterocycles. The van der Waals surface area contributed by atoms with E-state index in [1.54, 1.807) is 0 Å². The minimum atomic E-state index is 0.535. The summed E-state index contributed by atoms with van der Waals surface area (Å²) in [6.45, 7) is 2.28. The molecule has 0 aromatic heterocycles. The van der Waals surface area contributed by atoms with Crippen molar-refractivity contribution in [2.45, 2.75) is 122 Å². The number of unbranched alkanes of at least 4 members (excludes halogenated alkanes) is 12. The molecule has 1 aliphatic carbocycles. The molecule has 0 spiro atoms. The van der Waals surface area contributed by atoms with Crippen molar-refractivity contribution in [1.82, 2.24) is 0 Å². The Balaban J connectivity index is 1.70. The zero-order valence-electron chi connectivity index (χ0n) is 15.2. The molecular formula is C21H40O. The molecule has 0 unspecified atom stereocenters. The largest absolute Gasteiger partial charge is 0.300 e. The van der Waals surface area contributed by atoms with Crippen LogP contribution >= 0.6 is 0 Å². The lowest BCUT2D eigenvalue weighted by Crippen LogP contribution is -2.15. The second-order valence-electron chi connectivity index (χ2n) is 7.53. The predicted molar refractivity (Wildman–Crippen MR) is 97.3 cm³/mol. The molecule has 0 amide bonds. The molecule has 0 N–H and O–H groups in total. The first-order valence-electron chi connectivity index (χ1n) is 10.3. The SMILES string of the molecule is CCCCCCCCCCCCCCCC(=O)CC1CCC1. The van der Waals surface area contributed by atoms with Crippen LogP contribution < -0.4 is 0 Å². The Bertz CT molecular complexity index is 255. The van der Waals surface area contributed by atoms with E-state index in [-0.39, 0.29) is 0 Å². The third-order valence-corrected chi connectivity index (χ3v) is 5.30. The van der Waals surface area contributed by atoms with Crippen LogP contribution in [-0.4, -0.2) is 5.78 Å². The third kappa shape index (κ3) is 11.3. The minimum absolute atomic E-state index is 0.535. The highest BCUT2D eigenvalue weighted by Gasteiger charge is 2.19. The van der Waals surface area contributed by atoms with Gasteiger partial charge < -0.3 is 0 Å². The Morgan fingerprint density at radius 3 is 1.59 bits per heavy atom. The van der Waals surface area contributed by atoms with Gasteiger partial charge in [-0.1, -0.05) is 103 Å². The van der Waals surface area contributed by atoms with Crippen LogP contribution in [-0.2, 0) is 4.79 Å². The topological polar surface area (TPSA) is 17.1 Å². The predicted octanol–water partition coefficient (Wildman–Crippen LogP) is 7.23. The fourth-order valence-electron chi connectivity index (χ4n) is 3.46. The molecular weight excluding hydrogens is 268 g/mol. The molecule has 1 rings (SSSR count). The van der Waals surface area contributed by atoms with Gasteiger partial charge >= 0.3 is 0 Å². The van der Waals surface area contributed by atoms with Crippen molar-refractivity contribution < 1.29 is 4.79 Å². The second kappa shape index (κ2) is 14.3. The Morgan fingerprint density at radius 2 is 1.18 bits per heavy atom. The van der Waals surface area contributed by atoms with Crippen LogP contribution in [0.1, 0.15) is 122 Å². The summed E-state index contributed by atoms with van der Waals surface area (Å²) in [5, 5.41) is 0. The molecule has 1 aliphatic rings. The molecule has 0 atom stereocenters. The molecule has 0 radical (unpaired) electrons. The van der Waals surface area contributed by atoms with E-state index >= 15 is 0 Å². The van der Waals surface area contributed by atoms with Crippen LogP contribution in [0.2, 0.25) is 0 Å². The van der Waals surface area contributed by atoms with Crippen molar-refractivity contribution in [3.05, 3.63) is 0 Å². The Morgan fingerprint density at radius 1 is 0.727 bits per heavy atom. The highest BCUT2D eigenvalue weighted by molar-refractivity contribution is 5.78. The van der Waals surface area contributed by atoms with Gasteiger partial charge in [0.05, 0.1) is 0 Å². The lowest BCUT2D eigenvalue weighted by atomic mass is 9.81. The number of hydrogen-bond acceptors (Lipinski definition) is 1. The van der Waals surface area contributed by atoms with Crippen molar-refractivity contribution in [1.29, 1.82) is 0 Å². The van der Waals surface area contributed by atoms with Gasteiger partial charge in [-0.25, -0.2) is 0 Å². The molecule has 22 heavy (non-hydrogen) atoms. The summed E-state index contributed by atoms with van der Waals surface area (Å²) in [5.41, 5.74) is 0. The minimum Gasteiger partial charge on any atom is -0.300 e. The fraction of sp³-hybridized carbons (Fsp3) is 0.952. The lowest BCUT2D eigenvalue weighted by Gasteiger charge is -2.24. The van der Waals surface area contributed by atoms with E-state index in [4.69, 9.17) is 0 Å². The van der Waals surface area contributed by atoms with Crippen molar-refractivity contribution in [2.24, 2.45) is 5.92 Å². The van der Waals surface area contributed by atoms with Gasteiger partial charge in [0.15, 0.2) is 0 Å². The van der Waals surface area contributed by atoms with E-state index in [0.717, 1.165) is 25.2 Å². The fourth-order valence-corrected chi connectivity index (χ4v) is 3.46. The molecule has 1 fully saturated rings. The monoisotopic (exact) mass is 308 g/mol. The molecule has 0 heterocycles. The molecule has 0 bridgehead atoms. The summed E-state index contributed by atoms with van der Waals surface area (Å²) in [5.74, 6) is 1.29. The van der Waals surface area contributed by atoms with Crippen molar-refractivity contribution in [2.75, 3.05) is 0 Å². The van der Waals surface area contributed by atoms with Gasteiger partial charge in [0.1, 0.15) is 5.78 Å². The first kappa shape index (κ1) is 19.7. The number of hydrogen-bond donors (Lipinski definition) is 0. The summed E-state index contributed by atoms with van der Waals surface area (Å²) < 4.78 is 0. The smallest absolute Gasteiger partial charge is 0.133 e. The van der Waals surface area contributed by atoms with E-state index in [1.165, 1.54) is 96.3 Å². The maximum Gasteiger partial charge on any atom is 0.133 e. The van der Waals surface area contributed by atoms with Crippen molar-refractivity contribution in [3.8, 4) is 0 Å². The molecule has 1 heteroatoms. The number of ketones is 1. The van der Waals surface area contributed by atoms with Crippen LogP contribution in [0.4, 0.5) is 0 Å². The van der Waals surface area contributed by atoms with Gasteiger partial charge in [-0.15, -0.1) is 0 Å². The maximum absolute atomic E-state index is 11.7. The van der Waals surface area contributed by atoms with E-state index in [9.17, 15) is 4.79 Å². The van der Waals surface area contributed by atoms with Crippen LogP contribution in [0.25, 0.3) is 0 Å². The average molecular weight is 309 g/mol. The molecule has 1 saturated carbocycles. The van der Waals surface area contributed by atoms with Gasteiger partial charge in [0, 0.05) is 12.8 Å². The molecule has 130 valence electrons. The molecule has 0 aromatic carbocycles. The summed E-state index contributed by atoms with van der Waals surface area (Å²) in [4.78, 5) is 11.7. The van der Waals surface area contributed by atoms with E-state index in [2.05, 4.69) is 6.92 Å². The first-order valence-corrected chi connectivity index (χ1v) is 10.3. The Hall–Kier alpha value is -0.330. The number of rotatable bonds is 16. The van der Waals surface area contributed by atoms with Crippen molar-refractivity contribution >= 4 is 5.78 Å². The molecule has 0 aliphatic heterocycles. The first-order chi connectivity index (χ1) is 10.8. The zero-order chi connectivity index (χ0) is 15.9. The van der Waals surface area contributed by atoms with Gasteiger partial charge in [0.25, 0.3) is 0 Å². The Kier molecular flexibility index (Phi) is 12.8. The van der Waals surface area contributed by atoms with E-state index < -0.39 is 0 Å². The van der Waals surface area contributed by atoms with Crippen molar-refractivity contribution in [3.63, 3.8) is 0 Å². The van der Waals surface area contributed by atoms with Gasteiger partial charge in [-0.3, -0.25) is 4.79 Å². The van der Waals surface area contributed by atoms with Crippen LogP contribution in [0.5, 0.6) is 0 Å². The highest BCUT2D eigenvalue weighted by Crippen LogP contribution is 2.30. The second-order valence-corrected chi connectivity index (χ2v) is 7.53. The highest BCUT2D eigenvalue weighted by atomic mass is 16.1. The number of carbonyl (C=O) groups excluding carboxylic acids is 1. The summed E-state index contributed by atoms with van der Waals surface area (Å²) >= 11 is 0. The van der Waals surface area contributed by atoms with Gasteiger partial charge in [-0.05, 0) is 12.3 Å². The molecule has 1 nitrogen and oxygen atoms in total. The van der Waals surface area contributed by atoms with E-state index in [1.807, 2.05) is 0 Å². The summed E-state index contributed by atoms with van der Waals surface area (Å²) in [6, 6.07) is 0. The van der Waals surface area contributed by atoms with Crippen LogP contribution in [0, 0.1) is 5.92 Å². The Labute approximate surface area is 139 Å². The lowest BCUT2D eigenvalue weighted by molar-refractivity contribution is -0.120. The quantitative estimate of drug-likeness (QED) is 0.275.